The van der Waals surface area contributed by atoms with Gasteiger partial charge >= 0.3 is 5.97 Å². The fourth-order valence-corrected chi connectivity index (χ4v) is 5.03. The Morgan fingerprint density at radius 2 is 2.11 bits per heavy atom. The minimum Gasteiger partial charge on any atom is -0.466 e. The van der Waals surface area contributed by atoms with Crippen LogP contribution in [0.3, 0.4) is 0 Å². The maximum Gasteiger partial charge on any atom is 0.311 e. The van der Waals surface area contributed by atoms with Gasteiger partial charge in [0.2, 0.25) is 0 Å². The van der Waals surface area contributed by atoms with E-state index in [4.69, 9.17) is 16.3 Å². The van der Waals surface area contributed by atoms with Crippen LogP contribution in [0.25, 0.3) is 0 Å². The Labute approximate surface area is 165 Å². The quantitative estimate of drug-likeness (QED) is 0.590. The molecule has 1 aromatic carbocycles. The van der Waals surface area contributed by atoms with Gasteiger partial charge in [-0.2, -0.15) is 0 Å². The van der Waals surface area contributed by atoms with E-state index in [9.17, 15) is 4.79 Å². The fourth-order valence-electron chi connectivity index (χ4n) is 4.86. The lowest BCUT2D eigenvalue weighted by molar-refractivity contribution is -0.149. The van der Waals surface area contributed by atoms with Gasteiger partial charge in [-0.25, -0.2) is 4.98 Å². The van der Waals surface area contributed by atoms with Crippen LogP contribution in [0.4, 0.5) is 0 Å². The van der Waals surface area contributed by atoms with Crippen molar-refractivity contribution in [1.29, 1.82) is 0 Å². The molecule has 1 spiro atoms. The van der Waals surface area contributed by atoms with Gasteiger partial charge in [-0.1, -0.05) is 48.0 Å². The summed E-state index contributed by atoms with van der Waals surface area (Å²) < 4.78 is 5.48. The van der Waals surface area contributed by atoms with E-state index < -0.39 is 0 Å². The fraction of sp³-hybridized carbons (Fsp3) is 0.455. The number of fused-ring (bicyclic) bond motifs is 2. The van der Waals surface area contributed by atoms with Crippen molar-refractivity contribution in [3.05, 3.63) is 64.4 Å². The van der Waals surface area contributed by atoms with Gasteiger partial charge in [-0.15, -0.1) is 0 Å². The van der Waals surface area contributed by atoms with E-state index in [0.717, 1.165) is 44.6 Å². The Kier molecular flexibility index (Phi) is 5.20. The van der Waals surface area contributed by atoms with Crippen LogP contribution in [-0.4, -0.2) is 35.5 Å². The zero-order chi connectivity index (χ0) is 18.9. The summed E-state index contributed by atoms with van der Waals surface area (Å²) in [4.78, 5) is 19.9. The molecule has 2 aliphatic rings. The molecule has 1 aliphatic carbocycles. The summed E-state index contributed by atoms with van der Waals surface area (Å²) in [5, 5.41) is 0.526. The van der Waals surface area contributed by atoms with Gasteiger partial charge in [-0.05, 0) is 43.4 Å². The molecule has 142 valence electrons. The number of likely N-dealkylation sites (tertiary alicyclic amines) is 1. The van der Waals surface area contributed by atoms with Crippen LogP contribution in [0, 0.1) is 5.92 Å². The predicted octanol–water partition coefficient (Wildman–Crippen LogP) is 4.00. The van der Waals surface area contributed by atoms with E-state index in [1.54, 1.807) is 0 Å². The zero-order valence-corrected chi connectivity index (χ0v) is 16.4. The second-order valence-electron chi connectivity index (χ2n) is 7.60. The molecular weight excluding hydrogens is 360 g/mol. The Balaban J connectivity index is 1.70. The number of rotatable bonds is 4. The number of benzene rings is 1. The summed E-state index contributed by atoms with van der Waals surface area (Å²) in [6.07, 6.45) is 2.93. The average Bonchev–Trinajstić information content (AvgIpc) is 3.01. The molecule has 4 rings (SSSR count). The molecule has 1 aliphatic heterocycles. The summed E-state index contributed by atoms with van der Waals surface area (Å²) in [6.45, 7) is 4.69. The van der Waals surface area contributed by atoms with Gasteiger partial charge in [-0.3, -0.25) is 9.69 Å². The predicted molar refractivity (Wildman–Crippen MR) is 106 cm³/mol. The highest BCUT2D eigenvalue weighted by Gasteiger charge is 2.53. The lowest BCUT2D eigenvalue weighted by Gasteiger charge is -2.38. The maximum atomic E-state index is 12.9. The van der Waals surface area contributed by atoms with Gasteiger partial charge in [0.15, 0.2) is 0 Å². The molecule has 1 aromatic heterocycles. The molecule has 2 heterocycles. The average molecular weight is 385 g/mol. The molecular formula is C22H25ClN2O2. The Bertz CT molecular complexity index is 826. The molecule has 0 bridgehead atoms. The first kappa shape index (κ1) is 18.5. The minimum atomic E-state index is -0.230. The van der Waals surface area contributed by atoms with Gasteiger partial charge < -0.3 is 4.74 Å². The van der Waals surface area contributed by atoms with Crippen LogP contribution < -0.4 is 0 Å². The normalized spacial score (nSPS) is 24.7. The smallest absolute Gasteiger partial charge is 0.311 e. The van der Waals surface area contributed by atoms with Crippen molar-refractivity contribution in [1.82, 2.24) is 9.88 Å². The summed E-state index contributed by atoms with van der Waals surface area (Å²) >= 11 is 6.14. The van der Waals surface area contributed by atoms with Gasteiger partial charge in [0.05, 0.1) is 12.5 Å². The molecule has 2 aromatic rings. The van der Waals surface area contributed by atoms with Crippen LogP contribution in [0.15, 0.2) is 42.5 Å². The lowest BCUT2D eigenvalue weighted by atomic mass is 9.65. The number of carbonyl (C=O) groups is 1. The standard InChI is InChI=1S/C22H25ClN2O2/c1-2-27-21(26)18-14-25(13-16-7-4-3-5-8-16)15-22(18)12-6-9-19-17(22)10-11-20(23)24-19/h3-5,7-8,10-11,18H,2,6,9,12-15H2,1H3/t18?,22-/m0/s1. The largest absolute Gasteiger partial charge is 0.466 e. The summed E-state index contributed by atoms with van der Waals surface area (Å²) in [6, 6.07) is 14.4. The van der Waals surface area contributed by atoms with Gasteiger partial charge in [0.1, 0.15) is 5.15 Å². The van der Waals surface area contributed by atoms with E-state index >= 15 is 0 Å². The van der Waals surface area contributed by atoms with Crippen molar-refractivity contribution in [3.8, 4) is 0 Å². The number of aryl methyl sites for hydroxylation is 1. The zero-order valence-electron chi connectivity index (χ0n) is 15.7. The molecule has 1 saturated heterocycles. The van der Waals surface area contributed by atoms with Crippen molar-refractivity contribution in [2.24, 2.45) is 5.92 Å². The molecule has 0 saturated carbocycles. The molecule has 4 nitrogen and oxygen atoms in total. The SMILES string of the molecule is CCOC(=O)C1CN(Cc2ccccc2)C[C@]12CCCc1nc(Cl)ccc12. The molecule has 0 radical (unpaired) electrons. The number of carbonyl (C=O) groups excluding carboxylic acids is 1. The highest BCUT2D eigenvalue weighted by molar-refractivity contribution is 6.29. The van der Waals surface area contributed by atoms with Crippen LogP contribution in [0.5, 0.6) is 0 Å². The van der Waals surface area contributed by atoms with E-state index in [-0.39, 0.29) is 17.3 Å². The molecule has 0 amide bonds. The maximum absolute atomic E-state index is 12.9. The van der Waals surface area contributed by atoms with Crippen molar-refractivity contribution >= 4 is 17.6 Å². The monoisotopic (exact) mass is 384 g/mol. The number of ether oxygens (including phenoxy) is 1. The third-order valence-electron chi connectivity index (χ3n) is 5.95. The third-order valence-corrected chi connectivity index (χ3v) is 6.16. The summed E-state index contributed by atoms with van der Waals surface area (Å²) in [7, 11) is 0. The van der Waals surface area contributed by atoms with Crippen LogP contribution in [0.1, 0.15) is 36.6 Å². The van der Waals surface area contributed by atoms with Crippen molar-refractivity contribution in [3.63, 3.8) is 0 Å². The number of halogens is 1. The second kappa shape index (κ2) is 7.61. The highest BCUT2D eigenvalue weighted by Crippen LogP contribution is 2.48. The van der Waals surface area contributed by atoms with Gasteiger partial charge in [0, 0.05) is 30.7 Å². The molecule has 0 N–H and O–H groups in total. The van der Waals surface area contributed by atoms with Crippen LogP contribution in [-0.2, 0) is 27.9 Å². The molecule has 2 atom stereocenters. The van der Waals surface area contributed by atoms with Crippen LogP contribution in [0.2, 0.25) is 5.15 Å². The third kappa shape index (κ3) is 3.48. The number of hydrogen-bond donors (Lipinski definition) is 0. The van der Waals surface area contributed by atoms with E-state index in [2.05, 4.69) is 40.2 Å². The summed E-state index contributed by atoms with van der Waals surface area (Å²) in [5.41, 5.74) is 3.27. The molecule has 1 unspecified atom stereocenters. The first-order valence-electron chi connectivity index (χ1n) is 9.71. The molecule has 1 fully saturated rings. The van der Waals surface area contributed by atoms with Crippen molar-refractivity contribution in [2.45, 2.75) is 38.1 Å². The Morgan fingerprint density at radius 3 is 2.89 bits per heavy atom. The number of aromatic nitrogens is 1. The summed E-state index contributed by atoms with van der Waals surface area (Å²) in [5.74, 6) is -0.251. The number of esters is 1. The number of nitrogens with zero attached hydrogens (tertiary/aromatic N) is 2. The Hall–Kier alpha value is -1.91. The molecule has 5 heteroatoms. The van der Waals surface area contributed by atoms with E-state index in [0.29, 0.717) is 11.8 Å². The lowest BCUT2D eigenvalue weighted by Crippen LogP contribution is -2.43. The van der Waals surface area contributed by atoms with Crippen LogP contribution >= 0.6 is 11.6 Å². The van der Waals surface area contributed by atoms with E-state index in [1.165, 1.54) is 11.1 Å². The highest BCUT2D eigenvalue weighted by atomic mass is 35.5. The number of pyridine rings is 1. The first-order chi connectivity index (χ1) is 13.1. The second-order valence-corrected chi connectivity index (χ2v) is 7.99. The first-order valence-corrected chi connectivity index (χ1v) is 10.1. The van der Waals surface area contributed by atoms with Crippen molar-refractivity contribution < 1.29 is 9.53 Å². The van der Waals surface area contributed by atoms with Gasteiger partial charge in [0.25, 0.3) is 0 Å². The topological polar surface area (TPSA) is 42.4 Å². The Morgan fingerprint density at radius 1 is 1.30 bits per heavy atom. The number of hydrogen-bond acceptors (Lipinski definition) is 4. The van der Waals surface area contributed by atoms with Crippen molar-refractivity contribution in [2.75, 3.05) is 19.7 Å². The van der Waals surface area contributed by atoms with E-state index in [1.807, 2.05) is 19.1 Å². The minimum absolute atomic E-state index is 0.0872. The molecule has 27 heavy (non-hydrogen) atoms.